The lowest BCUT2D eigenvalue weighted by molar-refractivity contribution is -0.127. The highest BCUT2D eigenvalue weighted by molar-refractivity contribution is 5.87. The van der Waals surface area contributed by atoms with Crippen molar-refractivity contribution in [1.82, 2.24) is 15.1 Å². The molecule has 6 nitrogen and oxygen atoms in total. The second kappa shape index (κ2) is 6.76. The molecule has 2 atom stereocenters. The molecule has 1 heterocycles. The summed E-state index contributed by atoms with van der Waals surface area (Å²) in [5.41, 5.74) is 0.393. The van der Waals surface area contributed by atoms with Crippen LogP contribution in [0.15, 0.2) is 24.3 Å². The minimum absolute atomic E-state index is 0.0160. The van der Waals surface area contributed by atoms with E-state index in [1.54, 1.807) is 30.0 Å². The number of hydrogen-bond donors (Lipinski definition) is 1. The van der Waals surface area contributed by atoms with Crippen molar-refractivity contribution in [2.45, 2.75) is 38.0 Å². The van der Waals surface area contributed by atoms with Gasteiger partial charge < -0.3 is 15.0 Å². The molecule has 1 aliphatic carbocycles. The number of methoxy groups -OCH3 is 1. The molecule has 1 saturated heterocycles. The molecule has 1 aromatic carbocycles. The lowest BCUT2D eigenvalue weighted by atomic mass is 10.0. The van der Waals surface area contributed by atoms with Gasteiger partial charge in [0.15, 0.2) is 0 Å². The van der Waals surface area contributed by atoms with Gasteiger partial charge in [-0.15, -0.1) is 0 Å². The topological polar surface area (TPSA) is 61.9 Å². The first-order valence-corrected chi connectivity index (χ1v) is 8.13. The molecule has 0 aromatic heterocycles. The summed E-state index contributed by atoms with van der Waals surface area (Å²) in [4.78, 5) is 27.6. The zero-order valence-electron chi connectivity index (χ0n) is 13.9. The van der Waals surface area contributed by atoms with E-state index >= 15 is 0 Å². The van der Waals surface area contributed by atoms with Crippen LogP contribution in [0.1, 0.15) is 31.4 Å². The Bertz CT molecular complexity index is 635. The van der Waals surface area contributed by atoms with Crippen LogP contribution in [0.25, 0.3) is 0 Å². The van der Waals surface area contributed by atoms with E-state index in [0.29, 0.717) is 12.2 Å². The highest BCUT2D eigenvalue weighted by Gasteiger charge is 2.40. The zero-order chi connectivity index (χ0) is 17.3. The van der Waals surface area contributed by atoms with Gasteiger partial charge in [-0.1, -0.05) is 18.2 Å². The first-order chi connectivity index (χ1) is 11.5. The van der Waals surface area contributed by atoms with Gasteiger partial charge in [-0.25, -0.2) is 9.18 Å². The van der Waals surface area contributed by atoms with Gasteiger partial charge in [0.25, 0.3) is 0 Å². The Kier molecular flexibility index (Phi) is 4.71. The van der Waals surface area contributed by atoms with E-state index in [9.17, 15) is 14.0 Å². The van der Waals surface area contributed by atoms with Crippen molar-refractivity contribution in [3.8, 4) is 0 Å². The maximum absolute atomic E-state index is 14.0. The van der Waals surface area contributed by atoms with Crippen LogP contribution < -0.4 is 5.32 Å². The van der Waals surface area contributed by atoms with E-state index in [0.717, 1.165) is 12.8 Å². The standard InChI is InChI=1S/C17H22FN3O3/c1-11(16(24-2)13-5-3-4-6-14(13)18)19-17(23)20-9-15(22)21(10-20)12-7-8-12/h3-6,11-12,16H,7-10H2,1-2H3,(H,19,23)/t11-,16+/m1/s1. The number of hydrogen-bond acceptors (Lipinski definition) is 3. The monoisotopic (exact) mass is 335 g/mol. The Balaban J connectivity index is 1.63. The molecule has 130 valence electrons. The Morgan fingerprint density at radius 2 is 2.08 bits per heavy atom. The van der Waals surface area contributed by atoms with Crippen molar-refractivity contribution in [3.05, 3.63) is 35.6 Å². The molecular formula is C17H22FN3O3. The molecule has 0 unspecified atom stereocenters. The molecule has 7 heteroatoms. The zero-order valence-corrected chi connectivity index (χ0v) is 13.9. The summed E-state index contributed by atoms with van der Waals surface area (Å²) in [6.45, 7) is 2.17. The van der Waals surface area contributed by atoms with E-state index in [2.05, 4.69) is 5.32 Å². The molecular weight excluding hydrogens is 313 g/mol. The molecule has 2 aliphatic rings. The number of ether oxygens (including phenoxy) is 1. The van der Waals surface area contributed by atoms with Crippen LogP contribution in [0.4, 0.5) is 9.18 Å². The lowest BCUT2D eigenvalue weighted by Gasteiger charge is -2.26. The molecule has 1 aromatic rings. The number of nitrogens with zero attached hydrogens (tertiary/aromatic N) is 2. The van der Waals surface area contributed by atoms with E-state index in [1.165, 1.54) is 18.1 Å². The fourth-order valence-corrected chi connectivity index (χ4v) is 3.08. The Hall–Kier alpha value is -2.15. The molecule has 0 spiro atoms. The van der Waals surface area contributed by atoms with Crippen molar-refractivity contribution < 1.29 is 18.7 Å². The highest BCUT2D eigenvalue weighted by atomic mass is 19.1. The number of nitrogens with one attached hydrogen (secondary N) is 1. The third kappa shape index (κ3) is 3.36. The number of benzene rings is 1. The number of carbonyl (C=O) groups is 2. The van der Waals surface area contributed by atoms with Gasteiger partial charge in [-0.2, -0.15) is 0 Å². The molecule has 1 aliphatic heterocycles. The quantitative estimate of drug-likeness (QED) is 0.894. The van der Waals surface area contributed by atoms with Gasteiger partial charge in [0.1, 0.15) is 18.5 Å². The highest BCUT2D eigenvalue weighted by Crippen LogP contribution is 2.29. The second-order valence-corrected chi connectivity index (χ2v) is 6.35. The lowest BCUT2D eigenvalue weighted by Crippen LogP contribution is -2.46. The Morgan fingerprint density at radius 3 is 2.71 bits per heavy atom. The van der Waals surface area contributed by atoms with Gasteiger partial charge >= 0.3 is 6.03 Å². The van der Waals surface area contributed by atoms with Crippen LogP contribution in [-0.4, -0.2) is 54.1 Å². The largest absolute Gasteiger partial charge is 0.375 e. The molecule has 3 amide bonds. The van der Waals surface area contributed by atoms with Gasteiger partial charge in [-0.3, -0.25) is 9.69 Å². The van der Waals surface area contributed by atoms with Crippen molar-refractivity contribution >= 4 is 11.9 Å². The van der Waals surface area contributed by atoms with E-state index < -0.39 is 12.1 Å². The first kappa shape index (κ1) is 16.7. The summed E-state index contributed by atoms with van der Waals surface area (Å²) in [6, 6.07) is 5.85. The van der Waals surface area contributed by atoms with Crippen molar-refractivity contribution in [2.24, 2.45) is 0 Å². The van der Waals surface area contributed by atoms with Crippen LogP contribution in [0, 0.1) is 5.82 Å². The van der Waals surface area contributed by atoms with Crippen molar-refractivity contribution in [2.75, 3.05) is 20.3 Å². The maximum Gasteiger partial charge on any atom is 0.319 e. The van der Waals surface area contributed by atoms with Crippen LogP contribution in [0.3, 0.4) is 0 Å². The molecule has 1 saturated carbocycles. The average molecular weight is 335 g/mol. The van der Waals surface area contributed by atoms with Crippen molar-refractivity contribution in [1.29, 1.82) is 0 Å². The van der Waals surface area contributed by atoms with Crippen LogP contribution in [0.5, 0.6) is 0 Å². The molecule has 0 bridgehead atoms. The van der Waals surface area contributed by atoms with E-state index in [1.807, 2.05) is 0 Å². The maximum atomic E-state index is 14.0. The van der Waals surface area contributed by atoms with Crippen molar-refractivity contribution in [3.63, 3.8) is 0 Å². The summed E-state index contributed by atoms with van der Waals surface area (Å²) >= 11 is 0. The molecule has 2 fully saturated rings. The number of urea groups is 1. The summed E-state index contributed by atoms with van der Waals surface area (Å²) in [6.07, 6.45) is 1.42. The number of amides is 3. The summed E-state index contributed by atoms with van der Waals surface area (Å²) in [5, 5.41) is 2.82. The summed E-state index contributed by atoms with van der Waals surface area (Å²) < 4.78 is 19.4. The first-order valence-electron chi connectivity index (χ1n) is 8.13. The van der Waals surface area contributed by atoms with E-state index in [4.69, 9.17) is 4.74 Å². The van der Waals surface area contributed by atoms with Gasteiger partial charge in [-0.05, 0) is 25.8 Å². The molecule has 1 N–H and O–H groups in total. The molecule has 0 radical (unpaired) electrons. The number of halogens is 1. The number of rotatable bonds is 5. The molecule has 24 heavy (non-hydrogen) atoms. The van der Waals surface area contributed by atoms with Gasteiger partial charge in [0, 0.05) is 18.7 Å². The summed E-state index contributed by atoms with van der Waals surface area (Å²) in [5.74, 6) is -0.389. The van der Waals surface area contributed by atoms with Gasteiger partial charge in [0.2, 0.25) is 5.91 Å². The third-order valence-corrected chi connectivity index (χ3v) is 4.52. The van der Waals surface area contributed by atoms with E-state index in [-0.39, 0.29) is 30.3 Å². The summed E-state index contributed by atoms with van der Waals surface area (Å²) in [7, 11) is 1.48. The predicted molar refractivity (Wildman–Crippen MR) is 85.6 cm³/mol. The minimum Gasteiger partial charge on any atom is -0.375 e. The predicted octanol–water partition coefficient (Wildman–Crippen LogP) is 1.88. The average Bonchev–Trinajstić information content (AvgIpc) is 3.32. The Labute approximate surface area is 140 Å². The fourth-order valence-electron chi connectivity index (χ4n) is 3.08. The SMILES string of the molecule is CO[C@H](c1ccccc1F)[C@@H](C)NC(=O)N1CC(=O)N(C2CC2)C1. The third-order valence-electron chi connectivity index (χ3n) is 4.52. The normalized spacial score (nSPS) is 20.2. The van der Waals surface area contributed by atoms with Crippen LogP contribution in [0.2, 0.25) is 0 Å². The minimum atomic E-state index is -0.604. The Morgan fingerprint density at radius 1 is 1.38 bits per heavy atom. The fraction of sp³-hybridized carbons (Fsp3) is 0.529. The van der Waals surface area contributed by atoms with Crippen LogP contribution >= 0.6 is 0 Å². The second-order valence-electron chi connectivity index (χ2n) is 6.35. The van der Waals surface area contributed by atoms with Gasteiger partial charge in [0.05, 0.1) is 12.7 Å². The smallest absolute Gasteiger partial charge is 0.319 e. The number of carbonyl (C=O) groups excluding carboxylic acids is 2. The van der Waals surface area contributed by atoms with Crippen LogP contribution in [-0.2, 0) is 9.53 Å². The molecule has 3 rings (SSSR count).